The molecule has 2 rings (SSSR count). The van der Waals surface area contributed by atoms with Crippen molar-refractivity contribution in [3.8, 4) is 6.07 Å². The molecule has 1 aliphatic carbocycles. The second kappa shape index (κ2) is 8.63. The van der Waals surface area contributed by atoms with Gasteiger partial charge in [-0.3, -0.25) is 14.5 Å². The van der Waals surface area contributed by atoms with E-state index in [4.69, 9.17) is 0 Å². The summed E-state index contributed by atoms with van der Waals surface area (Å²) in [6.45, 7) is 0.835. The summed E-state index contributed by atoms with van der Waals surface area (Å²) in [7, 11) is 3.47. The number of carbonyl (C=O) groups excluding carboxylic acids is 2. The third-order valence-electron chi connectivity index (χ3n) is 4.61. The van der Waals surface area contributed by atoms with Crippen molar-refractivity contribution >= 4 is 11.8 Å². The fraction of sp³-hybridized carbons (Fsp3) is 0.526. The number of hydrogen-bond donors (Lipinski definition) is 2. The molecule has 1 aromatic rings. The van der Waals surface area contributed by atoms with Gasteiger partial charge in [-0.25, -0.2) is 0 Å². The highest BCUT2D eigenvalue weighted by molar-refractivity contribution is 5.93. The molecule has 1 saturated carbocycles. The van der Waals surface area contributed by atoms with Crippen molar-refractivity contribution in [2.24, 2.45) is 0 Å². The van der Waals surface area contributed by atoms with Crippen molar-refractivity contribution in [3.63, 3.8) is 0 Å². The number of benzene rings is 1. The molecule has 2 N–H and O–H groups in total. The molecular weight excluding hydrogens is 316 g/mol. The summed E-state index contributed by atoms with van der Waals surface area (Å²) < 4.78 is 0. The number of rotatable bonds is 6. The predicted octanol–water partition coefficient (Wildman–Crippen LogP) is 1.82. The van der Waals surface area contributed by atoms with Crippen LogP contribution in [0.5, 0.6) is 0 Å². The van der Waals surface area contributed by atoms with E-state index in [2.05, 4.69) is 16.7 Å². The third kappa shape index (κ3) is 5.30. The van der Waals surface area contributed by atoms with Crippen LogP contribution >= 0.6 is 0 Å². The van der Waals surface area contributed by atoms with Gasteiger partial charge in [0.2, 0.25) is 5.91 Å². The van der Waals surface area contributed by atoms with E-state index in [1.54, 1.807) is 19.2 Å². The van der Waals surface area contributed by atoms with Crippen molar-refractivity contribution in [2.75, 3.05) is 20.6 Å². The molecule has 0 spiro atoms. The van der Waals surface area contributed by atoms with Crippen LogP contribution in [0.25, 0.3) is 0 Å². The lowest BCUT2D eigenvalue weighted by Crippen LogP contribution is -2.51. The molecule has 1 fully saturated rings. The van der Waals surface area contributed by atoms with Crippen molar-refractivity contribution < 1.29 is 9.59 Å². The number of hydrogen-bond acceptors (Lipinski definition) is 4. The first-order chi connectivity index (χ1) is 12.0. The first kappa shape index (κ1) is 18.9. The maximum atomic E-state index is 12.3. The van der Waals surface area contributed by atoms with Crippen molar-refractivity contribution in [3.05, 3.63) is 35.4 Å². The normalized spacial score (nSPS) is 16.1. The molecule has 0 unspecified atom stereocenters. The quantitative estimate of drug-likeness (QED) is 0.826. The lowest BCUT2D eigenvalue weighted by atomic mass is 9.83. The average Bonchev–Trinajstić information content (AvgIpc) is 2.62. The van der Waals surface area contributed by atoms with E-state index in [9.17, 15) is 14.9 Å². The van der Waals surface area contributed by atoms with Crippen LogP contribution in [0.15, 0.2) is 24.3 Å². The molecule has 1 aliphatic rings. The van der Waals surface area contributed by atoms with Crippen LogP contribution in [0.3, 0.4) is 0 Å². The fourth-order valence-electron chi connectivity index (χ4n) is 3.25. The van der Waals surface area contributed by atoms with Gasteiger partial charge in [0.15, 0.2) is 0 Å². The highest BCUT2D eigenvalue weighted by Gasteiger charge is 2.33. The Morgan fingerprint density at radius 1 is 1.20 bits per heavy atom. The van der Waals surface area contributed by atoms with Gasteiger partial charge < -0.3 is 10.6 Å². The lowest BCUT2D eigenvalue weighted by Gasteiger charge is -2.32. The number of nitriles is 1. The van der Waals surface area contributed by atoms with Gasteiger partial charge in [-0.15, -0.1) is 0 Å². The first-order valence-corrected chi connectivity index (χ1v) is 8.70. The molecule has 0 heterocycles. The topological polar surface area (TPSA) is 85.2 Å². The highest BCUT2D eigenvalue weighted by atomic mass is 16.2. The van der Waals surface area contributed by atoms with Crippen LogP contribution in [0.1, 0.15) is 48.0 Å². The zero-order valence-corrected chi connectivity index (χ0v) is 15.0. The molecule has 134 valence electrons. The van der Waals surface area contributed by atoms with E-state index in [-0.39, 0.29) is 18.4 Å². The minimum atomic E-state index is -0.689. The van der Waals surface area contributed by atoms with Crippen molar-refractivity contribution in [2.45, 2.75) is 44.2 Å². The molecule has 1 aromatic carbocycles. The maximum absolute atomic E-state index is 12.3. The monoisotopic (exact) mass is 342 g/mol. The van der Waals surface area contributed by atoms with E-state index in [1.165, 1.54) is 0 Å². The average molecular weight is 342 g/mol. The Hall–Kier alpha value is -2.39. The summed E-state index contributed by atoms with van der Waals surface area (Å²) in [5.74, 6) is -0.235. The Balaban J connectivity index is 1.87. The van der Waals surface area contributed by atoms with Crippen LogP contribution in [0, 0.1) is 11.3 Å². The Morgan fingerprint density at radius 3 is 2.40 bits per heavy atom. The van der Waals surface area contributed by atoms with Gasteiger partial charge in [0, 0.05) is 19.2 Å². The molecule has 6 heteroatoms. The molecule has 0 bridgehead atoms. The Kier molecular flexibility index (Phi) is 6.54. The van der Waals surface area contributed by atoms with Gasteiger partial charge in [-0.1, -0.05) is 31.4 Å². The second-order valence-corrected chi connectivity index (χ2v) is 6.75. The zero-order valence-electron chi connectivity index (χ0n) is 15.0. The van der Waals surface area contributed by atoms with Crippen LogP contribution in [-0.2, 0) is 11.3 Å². The Labute approximate surface area is 149 Å². The molecule has 0 radical (unpaired) electrons. The van der Waals surface area contributed by atoms with Crippen molar-refractivity contribution in [1.82, 2.24) is 15.5 Å². The zero-order chi connectivity index (χ0) is 18.3. The van der Waals surface area contributed by atoms with E-state index in [1.807, 2.05) is 24.1 Å². The molecule has 25 heavy (non-hydrogen) atoms. The van der Waals surface area contributed by atoms with E-state index < -0.39 is 5.54 Å². The molecule has 2 amide bonds. The SMILES string of the molecule is CNC(=O)c1ccc(CN(C)CC(=O)NC2(C#N)CCCCC2)cc1. The fourth-order valence-corrected chi connectivity index (χ4v) is 3.25. The first-order valence-electron chi connectivity index (χ1n) is 8.70. The van der Waals surface area contributed by atoms with Crippen LogP contribution in [0.2, 0.25) is 0 Å². The number of carbonyl (C=O) groups is 2. The van der Waals surface area contributed by atoms with Gasteiger partial charge in [-0.2, -0.15) is 5.26 Å². The number of nitrogens with zero attached hydrogens (tertiary/aromatic N) is 2. The van der Waals surface area contributed by atoms with E-state index in [0.29, 0.717) is 12.1 Å². The van der Waals surface area contributed by atoms with Gasteiger partial charge in [0.05, 0.1) is 12.6 Å². The summed E-state index contributed by atoms with van der Waals surface area (Å²) in [4.78, 5) is 25.7. The molecule has 0 aliphatic heterocycles. The minimum absolute atomic E-state index is 0.117. The second-order valence-electron chi connectivity index (χ2n) is 6.75. The Morgan fingerprint density at radius 2 is 1.84 bits per heavy atom. The van der Waals surface area contributed by atoms with Gasteiger partial charge in [0.1, 0.15) is 5.54 Å². The highest BCUT2D eigenvalue weighted by Crippen LogP contribution is 2.27. The smallest absolute Gasteiger partial charge is 0.251 e. The number of likely N-dealkylation sites (N-methyl/N-ethyl adjacent to an activating group) is 1. The Bertz CT molecular complexity index is 642. The summed E-state index contributed by atoms with van der Waals surface area (Å²) >= 11 is 0. The summed E-state index contributed by atoms with van der Waals surface area (Å²) in [6.07, 6.45) is 4.58. The minimum Gasteiger partial charge on any atom is -0.355 e. The number of amides is 2. The van der Waals surface area contributed by atoms with Gasteiger partial charge in [0.25, 0.3) is 5.91 Å². The molecule has 0 atom stereocenters. The third-order valence-corrected chi connectivity index (χ3v) is 4.61. The predicted molar refractivity (Wildman–Crippen MR) is 95.7 cm³/mol. The largest absolute Gasteiger partial charge is 0.355 e. The van der Waals surface area contributed by atoms with Crippen LogP contribution in [-0.4, -0.2) is 42.9 Å². The standard InChI is InChI=1S/C19H26N4O2/c1-21-18(25)16-8-6-15(7-9-16)12-23(2)13-17(24)22-19(14-20)10-4-3-5-11-19/h6-9H,3-5,10-13H2,1-2H3,(H,21,25)(H,22,24). The van der Waals surface area contributed by atoms with Crippen LogP contribution in [0.4, 0.5) is 0 Å². The summed E-state index contributed by atoms with van der Waals surface area (Å²) in [5.41, 5.74) is 0.946. The molecule has 6 nitrogen and oxygen atoms in total. The lowest BCUT2D eigenvalue weighted by molar-refractivity contribution is -0.123. The van der Waals surface area contributed by atoms with Crippen molar-refractivity contribution in [1.29, 1.82) is 5.26 Å². The van der Waals surface area contributed by atoms with Gasteiger partial charge >= 0.3 is 0 Å². The summed E-state index contributed by atoms with van der Waals surface area (Å²) in [6, 6.07) is 9.62. The molecular formula is C19H26N4O2. The molecule has 0 aromatic heterocycles. The van der Waals surface area contributed by atoms with E-state index >= 15 is 0 Å². The number of nitrogens with one attached hydrogen (secondary N) is 2. The van der Waals surface area contributed by atoms with E-state index in [0.717, 1.165) is 37.7 Å². The summed E-state index contributed by atoms with van der Waals surface area (Å²) in [5, 5.41) is 15.0. The van der Waals surface area contributed by atoms with Crippen LogP contribution < -0.4 is 10.6 Å². The molecule has 0 saturated heterocycles. The van der Waals surface area contributed by atoms with Gasteiger partial charge in [-0.05, 0) is 37.6 Å². The maximum Gasteiger partial charge on any atom is 0.251 e.